The number of para-hydroxylation sites is 1. The zero-order valence-electron chi connectivity index (χ0n) is 23.7. The van der Waals surface area contributed by atoms with Gasteiger partial charge in [0.25, 0.3) is 0 Å². The Bertz CT molecular complexity index is 2250. The molecule has 6 heteroatoms. The quantitative estimate of drug-likeness (QED) is 0.205. The maximum Gasteiger partial charge on any atom is 0.228 e. The third-order valence-corrected chi connectivity index (χ3v) is 7.98. The normalized spacial score (nSPS) is 11.5. The van der Waals surface area contributed by atoms with Crippen LogP contribution in [-0.2, 0) is 7.05 Å². The van der Waals surface area contributed by atoms with Crippen molar-refractivity contribution >= 4 is 33.0 Å². The third kappa shape index (κ3) is 4.23. The molecule has 0 N–H and O–H groups in total. The summed E-state index contributed by atoms with van der Waals surface area (Å²) in [5, 5.41) is 3.16. The molecule has 4 heterocycles. The second-order valence-electron chi connectivity index (χ2n) is 10.7. The molecule has 0 aliphatic carbocycles. The fraction of sp³-hybridized carbons (Fsp3) is 0.0541. The minimum atomic E-state index is 0.493. The fourth-order valence-corrected chi connectivity index (χ4v) is 5.78. The van der Waals surface area contributed by atoms with Crippen molar-refractivity contribution in [3.63, 3.8) is 0 Å². The van der Waals surface area contributed by atoms with Gasteiger partial charge in [-0.15, -0.1) is 0 Å². The van der Waals surface area contributed by atoms with E-state index in [4.69, 9.17) is 24.4 Å². The van der Waals surface area contributed by atoms with Crippen molar-refractivity contribution in [1.82, 2.24) is 19.9 Å². The van der Waals surface area contributed by atoms with Gasteiger partial charge in [-0.3, -0.25) is 0 Å². The summed E-state index contributed by atoms with van der Waals surface area (Å²) >= 11 is 0. The summed E-state index contributed by atoms with van der Waals surface area (Å²) in [5.74, 6) is 1.68. The van der Waals surface area contributed by atoms with Gasteiger partial charge in [0.15, 0.2) is 23.1 Å². The number of fused-ring (bicyclic) bond motifs is 4. The number of hydrogen-bond acceptors (Lipinski definition) is 5. The van der Waals surface area contributed by atoms with Gasteiger partial charge in [-0.05, 0) is 36.8 Å². The summed E-state index contributed by atoms with van der Waals surface area (Å²) < 4.78 is 8.81. The molecule has 0 aliphatic heterocycles. The van der Waals surface area contributed by atoms with Crippen LogP contribution in [0.1, 0.15) is 5.56 Å². The largest absolute Gasteiger partial charge is 0.437 e. The zero-order valence-corrected chi connectivity index (χ0v) is 23.7. The van der Waals surface area contributed by atoms with E-state index in [9.17, 15) is 0 Å². The molecule has 43 heavy (non-hydrogen) atoms. The number of pyridine rings is 2. The van der Waals surface area contributed by atoms with Crippen molar-refractivity contribution in [2.24, 2.45) is 7.05 Å². The van der Waals surface area contributed by atoms with Crippen molar-refractivity contribution in [2.75, 3.05) is 0 Å². The Morgan fingerprint density at radius 2 is 1.19 bits per heavy atom. The molecule has 204 valence electrons. The lowest BCUT2D eigenvalue weighted by molar-refractivity contribution is -0.633. The molecule has 0 unspecified atom stereocenters. The van der Waals surface area contributed by atoms with E-state index in [-0.39, 0.29) is 0 Å². The predicted molar refractivity (Wildman–Crippen MR) is 170 cm³/mol. The SMILES string of the molecule is Cc1ccc2c(oc3nc(-c4nc(-c5ccccc5)nc(-c5ccccc5)n4)ccc32)c1-c1ccc2ccccc2[n+]1C. The average Bonchev–Trinajstić information content (AvgIpc) is 3.44. The molecule has 0 saturated heterocycles. The number of nitrogens with zero attached hydrogens (tertiary/aromatic N) is 5. The van der Waals surface area contributed by atoms with E-state index < -0.39 is 0 Å². The molecule has 0 amide bonds. The third-order valence-electron chi connectivity index (χ3n) is 7.98. The number of hydrogen-bond donors (Lipinski definition) is 0. The number of aryl methyl sites for hydroxylation is 2. The van der Waals surface area contributed by atoms with Gasteiger partial charge in [-0.1, -0.05) is 84.9 Å². The Kier molecular flexibility index (Phi) is 5.79. The first kappa shape index (κ1) is 25.0. The lowest BCUT2D eigenvalue weighted by Crippen LogP contribution is -2.32. The lowest BCUT2D eigenvalue weighted by atomic mass is 10.00. The van der Waals surface area contributed by atoms with Crippen molar-refractivity contribution in [3.05, 3.63) is 127 Å². The number of benzene rings is 4. The molecular formula is C37H26N5O+. The van der Waals surface area contributed by atoms with Gasteiger partial charge in [-0.25, -0.2) is 19.9 Å². The zero-order chi connectivity index (χ0) is 28.9. The topological polar surface area (TPSA) is 68.6 Å². The van der Waals surface area contributed by atoms with Gasteiger partial charge in [0, 0.05) is 39.4 Å². The maximum absolute atomic E-state index is 6.58. The molecule has 4 aromatic heterocycles. The van der Waals surface area contributed by atoms with E-state index >= 15 is 0 Å². The Balaban J connectivity index is 1.32. The minimum Gasteiger partial charge on any atom is -0.437 e. The second-order valence-corrected chi connectivity index (χ2v) is 10.7. The first-order chi connectivity index (χ1) is 21.1. The first-order valence-corrected chi connectivity index (χ1v) is 14.2. The van der Waals surface area contributed by atoms with Crippen LogP contribution in [0, 0.1) is 6.92 Å². The van der Waals surface area contributed by atoms with Gasteiger partial charge in [0.1, 0.15) is 12.7 Å². The van der Waals surface area contributed by atoms with E-state index in [1.54, 1.807) is 0 Å². The summed E-state index contributed by atoms with van der Waals surface area (Å²) in [6, 6.07) is 40.9. The van der Waals surface area contributed by atoms with E-state index in [0.717, 1.165) is 49.8 Å². The molecule has 0 atom stereocenters. The van der Waals surface area contributed by atoms with Gasteiger partial charge in [-0.2, -0.15) is 4.57 Å². The smallest absolute Gasteiger partial charge is 0.228 e. The molecular weight excluding hydrogens is 530 g/mol. The minimum absolute atomic E-state index is 0.493. The highest BCUT2D eigenvalue weighted by Gasteiger charge is 2.23. The van der Waals surface area contributed by atoms with Crippen LogP contribution in [0.25, 0.3) is 78.5 Å². The summed E-state index contributed by atoms with van der Waals surface area (Å²) in [4.78, 5) is 19.5. The van der Waals surface area contributed by atoms with E-state index in [0.29, 0.717) is 28.9 Å². The van der Waals surface area contributed by atoms with Gasteiger partial charge < -0.3 is 4.42 Å². The lowest BCUT2D eigenvalue weighted by Gasteiger charge is -2.07. The van der Waals surface area contributed by atoms with E-state index in [1.807, 2.05) is 66.7 Å². The van der Waals surface area contributed by atoms with Gasteiger partial charge in [0.2, 0.25) is 16.9 Å². The number of aromatic nitrogens is 5. The molecule has 0 aliphatic rings. The van der Waals surface area contributed by atoms with Crippen LogP contribution >= 0.6 is 0 Å². The molecule has 0 bridgehead atoms. The average molecular weight is 557 g/mol. The van der Waals surface area contributed by atoms with E-state index in [2.05, 4.69) is 73.1 Å². The Labute approximate surface area is 248 Å². The van der Waals surface area contributed by atoms with E-state index in [1.165, 1.54) is 5.39 Å². The summed E-state index contributed by atoms with van der Waals surface area (Å²) in [7, 11) is 2.10. The molecule has 0 spiro atoms. The van der Waals surface area contributed by atoms with Crippen molar-refractivity contribution < 1.29 is 8.98 Å². The fourth-order valence-electron chi connectivity index (χ4n) is 5.78. The second kappa shape index (κ2) is 9.96. The van der Waals surface area contributed by atoms with Gasteiger partial charge in [0.05, 0.1) is 5.56 Å². The van der Waals surface area contributed by atoms with Crippen LogP contribution in [-0.4, -0.2) is 19.9 Å². The van der Waals surface area contributed by atoms with Crippen LogP contribution < -0.4 is 4.57 Å². The summed E-state index contributed by atoms with van der Waals surface area (Å²) in [6.45, 7) is 2.12. The molecule has 8 aromatic rings. The standard InChI is InChI=1S/C37H26N5O/c1-23-17-19-27-28-20-21-29(36-40-34(25-12-5-3-6-13-25)39-35(41-36)26-14-7-4-8-15-26)38-37(28)43-33(27)32(23)31-22-18-24-11-9-10-16-30(24)42(31)2/h3-22H,1-2H3/q+1. The molecule has 8 rings (SSSR count). The molecule has 0 radical (unpaired) electrons. The number of rotatable bonds is 4. The number of furan rings is 1. The highest BCUT2D eigenvalue weighted by molar-refractivity contribution is 6.09. The van der Waals surface area contributed by atoms with Crippen LogP contribution in [0.3, 0.4) is 0 Å². The van der Waals surface area contributed by atoms with Crippen LogP contribution in [0.15, 0.2) is 126 Å². The van der Waals surface area contributed by atoms with Crippen LogP contribution in [0.5, 0.6) is 0 Å². The highest BCUT2D eigenvalue weighted by Crippen LogP contribution is 2.37. The molecule has 6 nitrogen and oxygen atoms in total. The predicted octanol–water partition coefficient (Wildman–Crippen LogP) is 8.12. The summed E-state index contributed by atoms with van der Waals surface area (Å²) in [5.41, 5.74) is 8.25. The maximum atomic E-state index is 6.58. The van der Waals surface area contributed by atoms with Crippen molar-refractivity contribution in [1.29, 1.82) is 0 Å². The van der Waals surface area contributed by atoms with Crippen LogP contribution in [0.4, 0.5) is 0 Å². The Morgan fingerprint density at radius 1 is 0.558 bits per heavy atom. The Morgan fingerprint density at radius 3 is 1.91 bits per heavy atom. The van der Waals surface area contributed by atoms with Crippen LogP contribution in [0.2, 0.25) is 0 Å². The summed E-state index contributed by atoms with van der Waals surface area (Å²) in [6.07, 6.45) is 0. The van der Waals surface area contributed by atoms with Crippen molar-refractivity contribution in [3.8, 4) is 45.6 Å². The highest BCUT2D eigenvalue weighted by atomic mass is 16.3. The molecule has 0 saturated carbocycles. The van der Waals surface area contributed by atoms with Crippen molar-refractivity contribution in [2.45, 2.75) is 6.92 Å². The monoisotopic (exact) mass is 556 g/mol. The molecule has 0 fully saturated rings. The van der Waals surface area contributed by atoms with Gasteiger partial charge >= 0.3 is 0 Å². The molecule has 4 aromatic carbocycles. The first-order valence-electron chi connectivity index (χ1n) is 14.2. The Hall–Kier alpha value is -5.75.